The highest BCUT2D eigenvalue weighted by atomic mass is 35.5. The first-order valence-corrected chi connectivity index (χ1v) is 8.46. The Morgan fingerprint density at radius 3 is 2.52 bits per heavy atom. The lowest BCUT2D eigenvalue weighted by atomic mass is 9.87. The monoisotopic (exact) mass is 384 g/mol. The third-order valence-electron chi connectivity index (χ3n) is 4.59. The van der Waals surface area contributed by atoms with Crippen molar-refractivity contribution in [1.82, 2.24) is 4.90 Å². The second-order valence-corrected chi connectivity index (χ2v) is 6.57. The number of hydrogen-bond donors (Lipinski definition) is 2. The maximum Gasteiger partial charge on any atom is 0.257 e. The topological polar surface area (TPSA) is 79.7 Å². The molecule has 0 radical (unpaired) electrons. The van der Waals surface area contributed by atoms with Gasteiger partial charge in [-0.05, 0) is 42.5 Å². The molecule has 1 aromatic carbocycles. The van der Waals surface area contributed by atoms with E-state index in [0.717, 1.165) is 18.4 Å². The minimum atomic E-state index is -0.530. The van der Waals surface area contributed by atoms with E-state index in [0.29, 0.717) is 29.4 Å². The van der Waals surface area contributed by atoms with E-state index in [-0.39, 0.29) is 30.8 Å². The first kappa shape index (κ1) is 19.8. The highest BCUT2D eigenvalue weighted by Gasteiger charge is 2.29. The van der Waals surface area contributed by atoms with Crippen LogP contribution in [-0.4, -0.2) is 29.0 Å². The number of hydrogen-bond acceptors (Lipinski definition) is 4. The van der Waals surface area contributed by atoms with Crippen LogP contribution in [0.25, 0.3) is 0 Å². The number of piperidine rings is 1. The van der Waals surface area contributed by atoms with Crippen LogP contribution >= 0.6 is 24.0 Å². The van der Waals surface area contributed by atoms with Crippen LogP contribution in [0.5, 0.6) is 0 Å². The molecule has 0 aliphatic carbocycles. The molecule has 1 aromatic heterocycles. The van der Waals surface area contributed by atoms with Crippen molar-refractivity contribution >= 4 is 29.9 Å². The number of aliphatic hydroxyl groups excluding tert-OH is 1. The summed E-state index contributed by atoms with van der Waals surface area (Å²) in [5.74, 6) is 0.698. The van der Waals surface area contributed by atoms with Gasteiger partial charge in [0.05, 0.1) is 18.2 Å². The van der Waals surface area contributed by atoms with Gasteiger partial charge in [-0.1, -0.05) is 23.7 Å². The van der Waals surface area contributed by atoms with Gasteiger partial charge in [0.25, 0.3) is 5.91 Å². The average molecular weight is 385 g/mol. The fraction of sp³-hybridized carbons (Fsp3) is 0.389. The molecule has 25 heavy (non-hydrogen) atoms. The van der Waals surface area contributed by atoms with E-state index in [4.69, 9.17) is 21.8 Å². The third kappa shape index (κ3) is 4.55. The minimum Gasteiger partial charge on any atom is -0.467 e. The van der Waals surface area contributed by atoms with Crippen molar-refractivity contribution < 1.29 is 14.3 Å². The van der Waals surface area contributed by atoms with Gasteiger partial charge in [0, 0.05) is 18.1 Å². The summed E-state index contributed by atoms with van der Waals surface area (Å²) in [6.45, 7) is 1.53. The third-order valence-corrected chi connectivity index (χ3v) is 4.84. The van der Waals surface area contributed by atoms with Gasteiger partial charge >= 0.3 is 0 Å². The van der Waals surface area contributed by atoms with E-state index in [1.54, 1.807) is 23.1 Å². The Morgan fingerprint density at radius 2 is 1.96 bits per heavy atom. The maximum absolute atomic E-state index is 12.5. The number of furan rings is 1. The Labute approximate surface area is 158 Å². The number of nitrogens with two attached hydrogens (primary N) is 1. The lowest BCUT2D eigenvalue weighted by Crippen LogP contribution is -2.39. The molecule has 5 nitrogen and oxygen atoms in total. The normalized spacial score (nSPS) is 16.4. The summed E-state index contributed by atoms with van der Waals surface area (Å²) in [5.41, 5.74) is 6.90. The Morgan fingerprint density at radius 1 is 1.32 bits per heavy atom. The Bertz CT molecular complexity index is 695. The van der Waals surface area contributed by atoms with E-state index >= 15 is 0 Å². The molecule has 0 bridgehead atoms. The number of rotatable bonds is 4. The van der Waals surface area contributed by atoms with Crippen molar-refractivity contribution in [3.63, 3.8) is 0 Å². The van der Waals surface area contributed by atoms with E-state index in [9.17, 15) is 9.90 Å². The van der Waals surface area contributed by atoms with Gasteiger partial charge in [0.1, 0.15) is 12.0 Å². The highest BCUT2D eigenvalue weighted by Crippen LogP contribution is 2.31. The van der Waals surface area contributed by atoms with Crippen molar-refractivity contribution in [2.75, 3.05) is 13.1 Å². The molecular formula is C18H22Cl2N2O3. The summed E-state index contributed by atoms with van der Waals surface area (Å²) < 4.78 is 5.23. The fourth-order valence-corrected chi connectivity index (χ4v) is 3.26. The minimum absolute atomic E-state index is 0. The molecule has 1 amide bonds. The summed E-state index contributed by atoms with van der Waals surface area (Å²) in [6, 6.07) is 8.96. The Hall–Kier alpha value is -1.53. The van der Waals surface area contributed by atoms with Crippen LogP contribution in [0.15, 0.2) is 41.0 Å². The van der Waals surface area contributed by atoms with Crippen LogP contribution in [-0.2, 0) is 6.54 Å². The maximum atomic E-state index is 12.5. The second-order valence-electron chi connectivity index (χ2n) is 6.13. The number of carbonyl (C=O) groups is 1. The molecule has 7 heteroatoms. The van der Waals surface area contributed by atoms with Crippen LogP contribution < -0.4 is 5.73 Å². The number of halogens is 2. The average Bonchev–Trinajstić information content (AvgIpc) is 3.10. The van der Waals surface area contributed by atoms with Gasteiger partial charge < -0.3 is 20.2 Å². The van der Waals surface area contributed by atoms with Crippen molar-refractivity contribution in [3.05, 3.63) is 58.5 Å². The van der Waals surface area contributed by atoms with Gasteiger partial charge in [0.2, 0.25) is 0 Å². The molecule has 2 heterocycles. The first-order chi connectivity index (χ1) is 11.6. The van der Waals surface area contributed by atoms with Crippen LogP contribution in [0, 0.1) is 5.92 Å². The molecule has 1 fully saturated rings. The van der Waals surface area contributed by atoms with Gasteiger partial charge in [-0.3, -0.25) is 4.79 Å². The lowest BCUT2D eigenvalue weighted by molar-refractivity contribution is 0.0462. The van der Waals surface area contributed by atoms with E-state index in [1.165, 1.54) is 6.26 Å². The molecule has 1 saturated heterocycles. The first-order valence-electron chi connectivity index (χ1n) is 8.08. The van der Waals surface area contributed by atoms with E-state index in [2.05, 4.69) is 0 Å². The Balaban J connectivity index is 0.00000225. The van der Waals surface area contributed by atoms with Gasteiger partial charge in [-0.15, -0.1) is 12.4 Å². The molecule has 136 valence electrons. The molecule has 3 rings (SSSR count). The fourth-order valence-electron chi connectivity index (χ4n) is 3.13. The van der Waals surface area contributed by atoms with Crippen molar-refractivity contribution in [2.45, 2.75) is 25.5 Å². The Kier molecular flexibility index (Phi) is 6.90. The summed E-state index contributed by atoms with van der Waals surface area (Å²) in [5, 5.41) is 11.2. The quantitative estimate of drug-likeness (QED) is 0.846. The smallest absolute Gasteiger partial charge is 0.257 e. The van der Waals surface area contributed by atoms with Gasteiger partial charge in [-0.2, -0.15) is 0 Å². The largest absolute Gasteiger partial charge is 0.467 e. The van der Waals surface area contributed by atoms with Gasteiger partial charge in [-0.25, -0.2) is 0 Å². The number of amides is 1. The second kappa shape index (κ2) is 8.72. The molecule has 1 unspecified atom stereocenters. The van der Waals surface area contributed by atoms with Crippen molar-refractivity contribution in [1.29, 1.82) is 0 Å². The zero-order valence-electron chi connectivity index (χ0n) is 13.7. The number of aliphatic hydroxyl groups is 1. The molecule has 0 saturated carbocycles. The van der Waals surface area contributed by atoms with Crippen LogP contribution in [0.1, 0.15) is 40.6 Å². The standard InChI is InChI=1S/C18H21ClN2O3.ClH/c19-15-3-1-12(2-4-15)17(22)13-5-7-21(8-6-13)18(23)14-9-16(10-20)24-11-14;/h1-4,9,11,13,17,22H,5-8,10,20H2;1H. The molecule has 1 atom stereocenters. The highest BCUT2D eigenvalue weighted by molar-refractivity contribution is 6.30. The molecule has 3 N–H and O–H groups in total. The zero-order chi connectivity index (χ0) is 17.1. The number of carbonyl (C=O) groups excluding carboxylic acids is 1. The molecule has 1 aliphatic rings. The molecular weight excluding hydrogens is 363 g/mol. The number of nitrogens with zero attached hydrogens (tertiary/aromatic N) is 1. The summed E-state index contributed by atoms with van der Waals surface area (Å²) in [6.07, 6.45) is 2.45. The van der Waals surface area contributed by atoms with Crippen LogP contribution in [0.4, 0.5) is 0 Å². The summed E-state index contributed by atoms with van der Waals surface area (Å²) >= 11 is 5.89. The van der Waals surface area contributed by atoms with Crippen LogP contribution in [0.3, 0.4) is 0 Å². The zero-order valence-corrected chi connectivity index (χ0v) is 15.3. The van der Waals surface area contributed by atoms with Crippen molar-refractivity contribution in [2.24, 2.45) is 11.7 Å². The van der Waals surface area contributed by atoms with Crippen LogP contribution in [0.2, 0.25) is 5.02 Å². The molecule has 2 aromatic rings. The summed E-state index contributed by atoms with van der Waals surface area (Å²) in [4.78, 5) is 14.3. The molecule has 0 spiro atoms. The lowest BCUT2D eigenvalue weighted by Gasteiger charge is -2.34. The summed E-state index contributed by atoms with van der Waals surface area (Å²) in [7, 11) is 0. The van der Waals surface area contributed by atoms with Gasteiger partial charge in [0.15, 0.2) is 0 Å². The predicted octanol–water partition coefficient (Wildman–Crippen LogP) is 3.40. The van der Waals surface area contributed by atoms with E-state index in [1.807, 2.05) is 12.1 Å². The predicted molar refractivity (Wildman–Crippen MR) is 98.9 cm³/mol. The number of benzene rings is 1. The molecule has 1 aliphatic heterocycles. The SMILES string of the molecule is Cl.NCc1cc(C(=O)N2CCC(C(O)c3ccc(Cl)cc3)CC2)co1. The number of likely N-dealkylation sites (tertiary alicyclic amines) is 1. The van der Waals surface area contributed by atoms with E-state index < -0.39 is 6.10 Å². The van der Waals surface area contributed by atoms with Crippen molar-refractivity contribution in [3.8, 4) is 0 Å².